The number of carboxylic acid groups (broad SMARTS) is 1. The van der Waals surface area contributed by atoms with Gasteiger partial charge in [-0.3, -0.25) is 20.4 Å². The monoisotopic (exact) mass is 347 g/mol. The number of fused-ring (bicyclic) bond motifs is 2. The van der Waals surface area contributed by atoms with Crippen LogP contribution in [0, 0.1) is 30.6 Å². The van der Waals surface area contributed by atoms with E-state index >= 15 is 0 Å². The molecule has 2 aliphatic carbocycles. The van der Waals surface area contributed by atoms with Crippen LogP contribution in [-0.2, 0) is 16.0 Å². The molecular formula is C17H19N2O4S-. The largest absolute Gasteiger partial charge is 0.550 e. The molecule has 0 saturated heterocycles. The van der Waals surface area contributed by atoms with Crippen molar-refractivity contribution in [1.29, 1.82) is 0 Å². The Morgan fingerprint density at radius 1 is 1.21 bits per heavy atom. The molecule has 0 aromatic carbocycles. The van der Waals surface area contributed by atoms with Gasteiger partial charge in [0, 0.05) is 22.1 Å². The molecule has 6 nitrogen and oxygen atoms in total. The van der Waals surface area contributed by atoms with Gasteiger partial charge < -0.3 is 9.90 Å². The number of amides is 2. The van der Waals surface area contributed by atoms with Crippen LogP contribution in [0.4, 0.5) is 0 Å². The first-order valence-corrected chi connectivity index (χ1v) is 8.88. The van der Waals surface area contributed by atoms with Crippen LogP contribution in [0.3, 0.4) is 0 Å². The van der Waals surface area contributed by atoms with Gasteiger partial charge in [0.2, 0.25) is 5.91 Å². The zero-order valence-electron chi connectivity index (χ0n) is 13.5. The fourth-order valence-corrected chi connectivity index (χ4v) is 4.82. The molecule has 7 heteroatoms. The minimum Gasteiger partial charge on any atom is -0.550 e. The highest BCUT2D eigenvalue weighted by Crippen LogP contribution is 2.47. The number of hydrazine groups is 1. The van der Waals surface area contributed by atoms with Crippen molar-refractivity contribution in [3.05, 3.63) is 33.5 Å². The van der Waals surface area contributed by atoms with E-state index in [1.807, 2.05) is 26.0 Å². The Kier molecular flexibility index (Phi) is 4.45. The van der Waals surface area contributed by atoms with Crippen LogP contribution in [0.25, 0.3) is 0 Å². The highest BCUT2D eigenvalue weighted by atomic mass is 32.1. The second-order valence-electron chi connectivity index (χ2n) is 6.30. The summed E-state index contributed by atoms with van der Waals surface area (Å²) in [7, 11) is 0. The predicted molar refractivity (Wildman–Crippen MR) is 86.8 cm³/mol. The normalized spacial score (nSPS) is 27.2. The first kappa shape index (κ1) is 16.7. The van der Waals surface area contributed by atoms with Crippen molar-refractivity contribution in [2.45, 2.75) is 26.7 Å². The fraction of sp³-hybridized carbons (Fsp3) is 0.471. The van der Waals surface area contributed by atoms with E-state index in [-0.39, 0.29) is 17.7 Å². The molecule has 1 aromatic rings. The molecule has 1 aromatic heterocycles. The second kappa shape index (κ2) is 6.39. The number of hydrogen-bond donors (Lipinski definition) is 2. The molecule has 24 heavy (non-hydrogen) atoms. The Hall–Kier alpha value is -2.15. The molecule has 0 unspecified atom stereocenters. The number of aryl methyl sites for hydroxylation is 1. The maximum Gasteiger partial charge on any atom is 0.270 e. The van der Waals surface area contributed by atoms with E-state index < -0.39 is 23.7 Å². The molecular weight excluding hydrogens is 328 g/mol. The van der Waals surface area contributed by atoms with E-state index in [0.717, 1.165) is 16.9 Å². The summed E-state index contributed by atoms with van der Waals surface area (Å²) in [6, 6.07) is 0. The predicted octanol–water partition coefficient (Wildman–Crippen LogP) is 0.568. The molecule has 2 N–H and O–H groups in total. The summed E-state index contributed by atoms with van der Waals surface area (Å²) in [4.78, 5) is 37.1. The van der Waals surface area contributed by atoms with Crippen molar-refractivity contribution in [3.8, 4) is 0 Å². The zero-order chi connectivity index (χ0) is 17.4. The third-order valence-electron chi connectivity index (χ3n) is 5.04. The van der Waals surface area contributed by atoms with Crippen LogP contribution < -0.4 is 16.0 Å². The van der Waals surface area contributed by atoms with E-state index in [0.29, 0.717) is 12.0 Å². The van der Waals surface area contributed by atoms with Crippen LogP contribution in [0.2, 0.25) is 0 Å². The number of carbonyl (C=O) groups excluding carboxylic acids is 3. The van der Waals surface area contributed by atoms with E-state index in [2.05, 4.69) is 10.9 Å². The molecule has 2 amide bonds. The molecule has 3 rings (SSSR count). The summed E-state index contributed by atoms with van der Waals surface area (Å²) in [5.41, 5.74) is 6.31. The van der Waals surface area contributed by atoms with Crippen molar-refractivity contribution in [3.63, 3.8) is 0 Å². The lowest BCUT2D eigenvalue weighted by atomic mass is 9.82. The van der Waals surface area contributed by atoms with E-state index in [9.17, 15) is 19.5 Å². The number of allylic oxidation sites excluding steroid dienone is 2. The van der Waals surface area contributed by atoms with Gasteiger partial charge in [-0.05, 0) is 37.2 Å². The van der Waals surface area contributed by atoms with Gasteiger partial charge in [0.1, 0.15) is 0 Å². The third-order valence-corrected chi connectivity index (χ3v) is 5.99. The Labute approximate surface area is 143 Å². The van der Waals surface area contributed by atoms with E-state index in [1.54, 1.807) is 5.38 Å². The highest BCUT2D eigenvalue weighted by molar-refractivity contribution is 7.10. The molecule has 2 aliphatic rings. The number of rotatable bonds is 4. The minimum absolute atomic E-state index is 0.107. The number of carboxylic acids is 1. The SMILES string of the molecule is CCc1c(C(=O)NNC(=O)[C@@H]2[C@@H](C(=O)[O-])[C@H]3C=C[C@@H]2C3)csc1C. The Morgan fingerprint density at radius 2 is 1.88 bits per heavy atom. The van der Waals surface area contributed by atoms with Crippen molar-refractivity contribution in [1.82, 2.24) is 10.9 Å². The van der Waals surface area contributed by atoms with Gasteiger partial charge in [0.25, 0.3) is 5.91 Å². The molecule has 0 radical (unpaired) electrons. The molecule has 128 valence electrons. The summed E-state index contributed by atoms with van der Waals surface area (Å²) in [5, 5.41) is 13.1. The van der Waals surface area contributed by atoms with Gasteiger partial charge in [-0.2, -0.15) is 0 Å². The van der Waals surface area contributed by atoms with Crippen molar-refractivity contribution >= 4 is 29.1 Å². The van der Waals surface area contributed by atoms with Crippen molar-refractivity contribution < 1.29 is 19.5 Å². The lowest BCUT2D eigenvalue weighted by molar-refractivity contribution is -0.313. The minimum atomic E-state index is -1.21. The molecule has 1 fully saturated rings. The first-order valence-electron chi connectivity index (χ1n) is 8.00. The van der Waals surface area contributed by atoms with Gasteiger partial charge in [0.05, 0.1) is 11.5 Å². The molecule has 0 spiro atoms. The fourth-order valence-electron chi connectivity index (χ4n) is 3.88. The summed E-state index contributed by atoms with van der Waals surface area (Å²) >= 11 is 1.49. The number of aliphatic carboxylic acids is 1. The van der Waals surface area contributed by atoms with Crippen molar-refractivity contribution in [2.24, 2.45) is 23.7 Å². The summed E-state index contributed by atoms with van der Waals surface area (Å²) in [5.74, 6) is -3.85. The van der Waals surface area contributed by atoms with Crippen LogP contribution in [0.1, 0.15) is 34.1 Å². The topological polar surface area (TPSA) is 98.3 Å². The van der Waals surface area contributed by atoms with Gasteiger partial charge in [0.15, 0.2) is 0 Å². The van der Waals surface area contributed by atoms with Crippen LogP contribution in [0.5, 0.6) is 0 Å². The second-order valence-corrected chi connectivity index (χ2v) is 7.38. The van der Waals surface area contributed by atoms with Crippen molar-refractivity contribution in [2.75, 3.05) is 0 Å². The van der Waals surface area contributed by atoms with Gasteiger partial charge in [-0.1, -0.05) is 19.1 Å². The van der Waals surface area contributed by atoms with Gasteiger partial charge >= 0.3 is 0 Å². The number of hydrogen-bond acceptors (Lipinski definition) is 5. The maximum atomic E-state index is 12.4. The smallest absolute Gasteiger partial charge is 0.270 e. The van der Waals surface area contributed by atoms with Crippen LogP contribution in [0.15, 0.2) is 17.5 Å². The number of nitrogens with one attached hydrogen (secondary N) is 2. The molecule has 2 bridgehead atoms. The Morgan fingerprint density at radius 3 is 2.50 bits per heavy atom. The quantitative estimate of drug-likeness (QED) is 0.614. The number of carbonyl (C=O) groups is 3. The lowest BCUT2D eigenvalue weighted by Crippen LogP contribution is -2.50. The maximum absolute atomic E-state index is 12.4. The molecule has 1 saturated carbocycles. The standard InChI is InChI=1S/C17H20N2O4S/c1-3-11-8(2)24-7-12(11)15(20)18-19-16(21)13-9-4-5-10(6-9)14(13)17(22)23/h4-5,7,9-10,13-14H,3,6H2,1-2H3,(H,18,20)(H,19,21)(H,22,23)/p-1/t9-,10+,13+,14+/m1/s1. The average Bonchev–Trinajstić information content (AvgIpc) is 3.25. The summed E-state index contributed by atoms with van der Waals surface area (Å²) in [6.07, 6.45) is 5.10. The summed E-state index contributed by atoms with van der Waals surface area (Å²) in [6.45, 7) is 3.92. The average molecular weight is 347 g/mol. The number of thiophene rings is 1. The van der Waals surface area contributed by atoms with Crippen LogP contribution >= 0.6 is 11.3 Å². The van der Waals surface area contributed by atoms with E-state index in [1.165, 1.54) is 11.3 Å². The molecule has 1 heterocycles. The third kappa shape index (κ3) is 2.73. The summed E-state index contributed by atoms with van der Waals surface area (Å²) < 4.78 is 0. The Bertz CT molecular complexity index is 724. The van der Waals surface area contributed by atoms with Gasteiger partial charge in [-0.25, -0.2) is 0 Å². The zero-order valence-corrected chi connectivity index (χ0v) is 14.3. The molecule has 0 aliphatic heterocycles. The van der Waals surface area contributed by atoms with E-state index in [4.69, 9.17) is 0 Å². The lowest BCUT2D eigenvalue weighted by Gasteiger charge is -2.27. The molecule has 4 atom stereocenters. The highest BCUT2D eigenvalue weighted by Gasteiger charge is 2.48. The first-order chi connectivity index (χ1) is 11.4. The van der Waals surface area contributed by atoms with Crippen LogP contribution in [-0.4, -0.2) is 17.8 Å². The van der Waals surface area contributed by atoms with Gasteiger partial charge in [-0.15, -0.1) is 11.3 Å². The Balaban J connectivity index is 1.66.